The van der Waals surface area contributed by atoms with Crippen molar-refractivity contribution in [3.8, 4) is 0 Å². The molecule has 0 bridgehead atoms. The summed E-state index contributed by atoms with van der Waals surface area (Å²) < 4.78 is 4.81. The van der Waals surface area contributed by atoms with Crippen molar-refractivity contribution in [3.63, 3.8) is 0 Å². The van der Waals surface area contributed by atoms with E-state index in [1.165, 1.54) is 0 Å². The third-order valence-corrected chi connectivity index (χ3v) is 1.10. The maximum absolute atomic E-state index is 8.49. The molecule has 2 nitrogen and oxygen atoms in total. The highest BCUT2D eigenvalue weighted by Gasteiger charge is 1.89. The molecule has 0 atom stereocenters. The molecule has 0 aromatic carbocycles. The van der Waals surface area contributed by atoms with Gasteiger partial charge in [-0.15, -0.1) is 0 Å². The molecule has 0 spiro atoms. The van der Waals surface area contributed by atoms with E-state index in [-0.39, 0.29) is 6.61 Å². The molecule has 54 valence electrons. The van der Waals surface area contributed by atoms with Crippen LogP contribution in [0, 0.1) is 0 Å². The Hall–Kier alpha value is -0.340. The number of ether oxygens (including phenoxy) is 1. The third-order valence-electron chi connectivity index (χ3n) is 1.10. The van der Waals surface area contributed by atoms with Crippen LogP contribution in [-0.2, 0) is 4.74 Å². The molecule has 0 aliphatic heterocycles. The van der Waals surface area contributed by atoms with Gasteiger partial charge in [0.1, 0.15) is 0 Å². The topological polar surface area (TPSA) is 29.5 Å². The Morgan fingerprint density at radius 2 is 2.33 bits per heavy atom. The van der Waals surface area contributed by atoms with Gasteiger partial charge in [0.15, 0.2) is 0 Å². The highest BCUT2D eigenvalue weighted by atomic mass is 16.5. The Kier molecular flexibility index (Phi) is 5.57. The SMILES string of the molecule is C=C(CO)CCCOC. The van der Waals surface area contributed by atoms with Crippen LogP contribution in [0.25, 0.3) is 0 Å². The Morgan fingerprint density at radius 3 is 2.78 bits per heavy atom. The van der Waals surface area contributed by atoms with E-state index in [0.29, 0.717) is 0 Å². The van der Waals surface area contributed by atoms with Crippen molar-refractivity contribution >= 4 is 0 Å². The zero-order valence-corrected chi connectivity index (χ0v) is 5.89. The molecule has 0 unspecified atom stereocenters. The van der Waals surface area contributed by atoms with E-state index in [4.69, 9.17) is 9.84 Å². The second kappa shape index (κ2) is 5.79. The Morgan fingerprint density at radius 1 is 1.67 bits per heavy atom. The minimum Gasteiger partial charge on any atom is -0.392 e. The average Bonchev–Trinajstić information content (AvgIpc) is 1.89. The van der Waals surface area contributed by atoms with E-state index >= 15 is 0 Å². The monoisotopic (exact) mass is 130 g/mol. The van der Waals surface area contributed by atoms with Crippen LogP contribution in [0.1, 0.15) is 12.8 Å². The molecule has 0 saturated heterocycles. The maximum Gasteiger partial charge on any atom is 0.0639 e. The predicted molar refractivity (Wildman–Crippen MR) is 37.3 cm³/mol. The molecule has 2 heteroatoms. The molecule has 9 heavy (non-hydrogen) atoms. The molecule has 0 aliphatic rings. The molecule has 0 heterocycles. The third kappa shape index (κ3) is 5.53. The van der Waals surface area contributed by atoms with Crippen LogP contribution in [0.5, 0.6) is 0 Å². The molecule has 0 aromatic rings. The van der Waals surface area contributed by atoms with Crippen LogP contribution < -0.4 is 0 Å². The van der Waals surface area contributed by atoms with Gasteiger partial charge in [0.05, 0.1) is 6.61 Å². The van der Waals surface area contributed by atoms with Gasteiger partial charge in [-0.1, -0.05) is 12.2 Å². The average molecular weight is 130 g/mol. The summed E-state index contributed by atoms with van der Waals surface area (Å²) in [7, 11) is 1.67. The van der Waals surface area contributed by atoms with E-state index in [0.717, 1.165) is 25.0 Å². The maximum atomic E-state index is 8.49. The first-order valence-corrected chi connectivity index (χ1v) is 3.07. The van der Waals surface area contributed by atoms with Gasteiger partial charge in [0.25, 0.3) is 0 Å². The van der Waals surface area contributed by atoms with Crippen molar-refractivity contribution in [2.45, 2.75) is 12.8 Å². The number of hydrogen-bond acceptors (Lipinski definition) is 2. The van der Waals surface area contributed by atoms with Gasteiger partial charge >= 0.3 is 0 Å². The van der Waals surface area contributed by atoms with Crippen molar-refractivity contribution in [2.75, 3.05) is 20.3 Å². The Labute approximate surface area is 56.1 Å². The zero-order valence-electron chi connectivity index (χ0n) is 5.89. The molecule has 1 N–H and O–H groups in total. The molecule has 0 amide bonds. The van der Waals surface area contributed by atoms with Crippen LogP contribution in [0.15, 0.2) is 12.2 Å². The van der Waals surface area contributed by atoms with E-state index < -0.39 is 0 Å². The van der Waals surface area contributed by atoms with Gasteiger partial charge in [0, 0.05) is 13.7 Å². The summed E-state index contributed by atoms with van der Waals surface area (Å²) in [5.41, 5.74) is 0.882. The lowest BCUT2D eigenvalue weighted by atomic mass is 10.2. The van der Waals surface area contributed by atoms with Crippen molar-refractivity contribution in [1.29, 1.82) is 0 Å². The number of hydrogen-bond donors (Lipinski definition) is 1. The molecule has 0 saturated carbocycles. The molecule has 0 fully saturated rings. The molecule has 0 radical (unpaired) electrons. The largest absolute Gasteiger partial charge is 0.392 e. The van der Waals surface area contributed by atoms with Crippen LogP contribution in [0.2, 0.25) is 0 Å². The summed E-state index contributed by atoms with van der Waals surface area (Å²) in [6.45, 7) is 4.49. The summed E-state index contributed by atoms with van der Waals surface area (Å²) in [5.74, 6) is 0. The fraction of sp³-hybridized carbons (Fsp3) is 0.714. The Bertz CT molecular complexity index is 79.0. The van der Waals surface area contributed by atoms with Gasteiger partial charge in [-0.25, -0.2) is 0 Å². The van der Waals surface area contributed by atoms with E-state index in [1.54, 1.807) is 7.11 Å². The Balaban J connectivity index is 2.97. The van der Waals surface area contributed by atoms with Crippen LogP contribution >= 0.6 is 0 Å². The lowest BCUT2D eigenvalue weighted by Gasteiger charge is -1.99. The van der Waals surface area contributed by atoms with Gasteiger partial charge in [-0.3, -0.25) is 0 Å². The minimum absolute atomic E-state index is 0.101. The molecular formula is C7H14O2. The summed E-state index contributed by atoms with van der Waals surface area (Å²) in [5, 5.41) is 8.49. The fourth-order valence-electron chi connectivity index (χ4n) is 0.546. The number of aliphatic hydroxyl groups is 1. The van der Waals surface area contributed by atoms with Gasteiger partial charge in [0.2, 0.25) is 0 Å². The first kappa shape index (κ1) is 8.66. The van der Waals surface area contributed by atoms with Crippen LogP contribution in [-0.4, -0.2) is 25.4 Å². The lowest BCUT2D eigenvalue weighted by Crippen LogP contribution is -1.92. The quantitative estimate of drug-likeness (QED) is 0.443. The van der Waals surface area contributed by atoms with Crippen molar-refractivity contribution < 1.29 is 9.84 Å². The smallest absolute Gasteiger partial charge is 0.0639 e. The summed E-state index contributed by atoms with van der Waals surface area (Å²) in [6, 6.07) is 0. The lowest BCUT2D eigenvalue weighted by molar-refractivity contribution is 0.193. The molecule has 0 aliphatic carbocycles. The molecule has 0 aromatic heterocycles. The molecular weight excluding hydrogens is 116 g/mol. The first-order valence-electron chi connectivity index (χ1n) is 3.07. The van der Waals surface area contributed by atoms with Gasteiger partial charge in [-0.2, -0.15) is 0 Å². The van der Waals surface area contributed by atoms with E-state index in [1.807, 2.05) is 0 Å². The summed E-state index contributed by atoms with van der Waals surface area (Å²) >= 11 is 0. The normalized spacial score (nSPS) is 9.56. The summed E-state index contributed by atoms with van der Waals surface area (Å²) in [6.07, 6.45) is 1.82. The minimum atomic E-state index is 0.101. The summed E-state index contributed by atoms with van der Waals surface area (Å²) in [4.78, 5) is 0. The van der Waals surface area contributed by atoms with Crippen LogP contribution in [0.4, 0.5) is 0 Å². The van der Waals surface area contributed by atoms with E-state index in [9.17, 15) is 0 Å². The van der Waals surface area contributed by atoms with Crippen molar-refractivity contribution in [1.82, 2.24) is 0 Å². The first-order chi connectivity index (χ1) is 4.31. The van der Waals surface area contributed by atoms with E-state index in [2.05, 4.69) is 6.58 Å². The van der Waals surface area contributed by atoms with Crippen molar-refractivity contribution in [2.24, 2.45) is 0 Å². The number of rotatable bonds is 5. The highest BCUT2D eigenvalue weighted by molar-refractivity contribution is 4.92. The number of methoxy groups -OCH3 is 1. The van der Waals surface area contributed by atoms with Crippen LogP contribution in [0.3, 0.4) is 0 Å². The van der Waals surface area contributed by atoms with Crippen molar-refractivity contribution in [3.05, 3.63) is 12.2 Å². The zero-order chi connectivity index (χ0) is 7.11. The second-order valence-electron chi connectivity index (χ2n) is 2.00. The second-order valence-corrected chi connectivity index (χ2v) is 2.00. The van der Waals surface area contributed by atoms with Gasteiger partial charge < -0.3 is 9.84 Å². The number of aliphatic hydroxyl groups excluding tert-OH is 1. The fourth-order valence-corrected chi connectivity index (χ4v) is 0.546. The standard InChI is InChI=1S/C7H14O2/c1-7(6-8)4-3-5-9-2/h8H,1,3-6H2,2H3. The van der Waals surface area contributed by atoms with Gasteiger partial charge in [-0.05, 0) is 12.8 Å². The predicted octanol–water partition coefficient (Wildman–Crippen LogP) is 0.962. The highest BCUT2D eigenvalue weighted by Crippen LogP contribution is 1.99. The molecule has 0 rings (SSSR count).